The average Bonchev–Trinajstić information content (AvgIpc) is 3.14. The Morgan fingerprint density at radius 1 is 0.970 bits per heavy atom. The fourth-order valence-corrected chi connectivity index (χ4v) is 4.54. The lowest BCUT2D eigenvalue weighted by Gasteiger charge is -2.34. The standard InChI is InChI=1S/C22H23F6N3O2/c1-12-8-31(9-13(2)33-12)20(32)18-11-30-10-14(3-4-19(30)29-18)15-5-16(21(23,24)25)7-17(6-15)22(26,27)28/h5-7,11-14H,3-4,8-10H2,1-2H3/t12-,13-,14-/m1/s1. The van der Waals surface area contributed by atoms with E-state index in [1.165, 1.54) is 6.20 Å². The molecule has 1 fully saturated rings. The number of benzene rings is 1. The van der Waals surface area contributed by atoms with Crippen molar-refractivity contribution in [2.75, 3.05) is 13.1 Å². The number of hydrogen-bond acceptors (Lipinski definition) is 3. The van der Waals surface area contributed by atoms with Gasteiger partial charge in [-0.25, -0.2) is 4.98 Å². The van der Waals surface area contributed by atoms with Crippen molar-refractivity contribution in [3.05, 3.63) is 52.6 Å². The third-order valence-corrected chi connectivity index (χ3v) is 6.00. The highest BCUT2D eigenvalue weighted by Gasteiger charge is 2.38. The van der Waals surface area contributed by atoms with Gasteiger partial charge in [-0.15, -0.1) is 0 Å². The molecule has 0 N–H and O–H groups in total. The molecule has 3 atom stereocenters. The Hall–Kier alpha value is -2.56. The number of carbonyl (C=O) groups is 1. The number of ether oxygens (including phenoxy) is 1. The summed E-state index contributed by atoms with van der Waals surface area (Å²) in [5, 5.41) is 0. The molecule has 0 radical (unpaired) electrons. The van der Waals surface area contributed by atoms with Crippen LogP contribution >= 0.6 is 0 Å². The Kier molecular flexibility index (Phi) is 5.96. The molecule has 11 heteroatoms. The molecule has 3 heterocycles. The largest absolute Gasteiger partial charge is 0.416 e. The number of nitrogens with zero attached hydrogens (tertiary/aromatic N) is 3. The van der Waals surface area contributed by atoms with Gasteiger partial charge in [0.2, 0.25) is 0 Å². The molecule has 1 aromatic carbocycles. The van der Waals surface area contributed by atoms with Crippen LogP contribution in [0.5, 0.6) is 0 Å². The van der Waals surface area contributed by atoms with Crippen molar-refractivity contribution in [3.63, 3.8) is 0 Å². The lowest BCUT2D eigenvalue weighted by Crippen LogP contribution is -2.48. The van der Waals surface area contributed by atoms with Gasteiger partial charge in [-0.05, 0) is 44.0 Å². The van der Waals surface area contributed by atoms with Gasteiger partial charge >= 0.3 is 12.4 Å². The molecule has 0 bridgehead atoms. The highest BCUT2D eigenvalue weighted by Crippen LogP contribution is 2.39. The van der Waals surface area contributed by atoms with Crippen LogP contribution in [0, 0.1) is 0 Å². The van der Waals surface area contributed by atoms with Crippen molar-refractivity contribution in [1.82, 2.24) is 14.5 Å². The predicted molar refractivity (Wildman–Crippen MR) is 106 cm³/mol. The van der Waals surface area contributed by atoms with Gasteiger partial charge in [-0.3, -0.25) is 4.79 Å². The van der Waals surface area contributed by atoms with E-state index in [1.54, 1.807) is 9.47 Å². The van der Waals surface area contributed by atoms with E-state index in [4.69, 9.17) is 4.74 Å². The highest BCUT2D eigenvalue weighted by molar-refractivity contribution is 5.92. The Labute approximate surface area is 186 Å². The minimum Gasteiger partial charge on any atom is -0.372 e. The first-order valence-corrected chi connectivity index (χ1v) is 10.6. The van der Waals surface area contributed by atoms with Crippen molar-refractivity contribution in [3.8, 4) is 0 Å². The number of alkyl halides is 6. The van der Waals surface area contributed by atoms with Crippen molar-refractivity contribution in [1.29, 1.82) is 0 Å². The summed E-state index contributed by atoms with van der Waals surface area (Å²) in [4.78, 5) is 18.9. The van der Waals surface area contributed by atoms with Crippen LogP contribution in [0.15, 0.2) is 24.4 Å². The maximum Gasteiger partial charge on any atom is 0.416 e. The second-order valence-corrected chi connectivity index (χ2v) is 8.74. The molecular formula is C22H23F6N3O2. The fraction of sp³-hybridized carbons (Fsp3) is 0.545. The van der Waals surface area contributed by atoms with Gasteiger partial charge in [-0.1, -0.05) is 0 Å². The molecule has 2 aromatic rings. The summed E-state index contributed by atoms with van der Waals surface area (Å²) >= 11 is 0. The van der Waals surface area contributed by atoms with Crippen LogP contribution in [0.4, 0.5) is 26.3 Å². The van der Waals surface area contributed by atoms with Crippen LogP contribution in [0.25, 0.3) is 0 Å². The molecule has 5 nitrogen and oxygen atoms in total. The van der Waals surface area contributed by atoms with Gasteiger partial charge in [0.1, 0.15) is 11.5 Å². The van der Waals surface area contributed by atoms with E-state index in [1.807, 2.05) is 13.8 Å². The molecule has 1 amide bonds. The van der Waals surface area contributed by atoms with Gasteiger partial charge in [0.25, 0.3) is 5.91 Å². The van der Waals surface area contributed by atoms with Gasteiger partial charge in [0.05, 0.1) is 23.3 Å². The van der Waals surface area contributed by atoms with E-state index >= 15 is 0 Å². The number of rotatable bonds is 2. The van der Waals surface area contributed by atoms with Crippen molar-refractivity contribution in [2.24, 2.45) is 0 Å². The number of carbonyl (C=O) groups excluding carboxylic acids is 1. The number of amides is 1. The van der Waals surface area contributed by atoms with Gasteiger partial charge in [-0.2, -0.15) is 26.3 Å². The summed E-state index contributed by atoms with van der Waals surface area (Å²) in [6, 6.07) is 1.70. The Balaban J connectivity index is 1.59. The van der Waals surface area contributed by atoms with Crippen LogP contribution in [0.3, 0.4) is 0 Å². The van der Waals surface area contributed by atoms with Crippen molar-refractivity contribution < 1.29 is 35.9 Å². The number of aromatic nitrogens is 2. The molecule has 0 unspecified atom stereocenters. The minimum absolute atomic E-state index is 0.0276. The van der Waals surface area contributed by atoms with Crippen LogP contribution in [-0.2, 0) is 30.1 Å². The first kappa shape index (κ1) is 23.6. The third-order valence-electron chi connectivity index (χ3n) is 6.00. The molecule has 1 saturated heterocycles. The molecule has 33 heavy (non-hydrogen) atoms. The number of imidazole rings is 1. The number of morpholine rings is 1. The average molecular weight is 475 g/mol. The Bertz CT molecular complexity index is 1000. The minimum atomic E-state index is -4.89. The molecule has 0 spiro atoms. The van der Waals surface area contributed by atoms with E-state index < -0.39 is 29.4 Å². The highest BCUT2D eigenvalue weighted by atomic mass is 19.4. The van der Waals surface area contributed by atoms with Gasteiger partial charge in [0, 0.05) is 38.2 Å². The van der Waals surface area contributed by atoms with Gasteiger partial charge < -0.3 is 14.2 Å². The number of halogens is 6. The molecular weight excluding hydrogens is 452 g/mol. The SMILES string of the molecule is C[C@@H]1CN(C(=O)c2cn3c(n2)CC[C@@H](c2cc(C(F)(F)F)cc(C(F)(F)F)c2)C3)C[C@@H](C)O1. The molecule has 180 valence electrons. The maximum absolute atomic E-state index is 13.2. The van der Waals surface area contributed by atoms with Crippen LogP contribution in [-0.4, -0.2) is 45.7 Å². The Morgan fingerprint density at radius 3 is 2.09 bits per heavy atom. The summed E-state index contributed by atoms with van der Waals surface area (Å²) < 4.78 is 86.7. The number of hydrogen-bond donors (Lipinski definition) is 0. The zero-order valence-electron chi connectivity index (χ0n) is 18.0. The first-order chi connectivity index (χ1) is 15.3. The molecule has 0 saturated carbocycles. The monoisotopic (exact) mass is 475 g/mol. The van der Waals surface area contributed by atoms with E-state index in [0.29, 0.717) is 31.8 Å². The van der Waals surface area contributed by atoms with Gasteiger partial charge in [0.15, 0.2) is 0 Å². The first-order valence-electron chi connectivity index (χ1n) is 10.6. The number of aryl methyl sites for hydroxylation is 1. The summed E-state index contributed by atoms with van der Waals surface area (Å²) in [6.07, 6.45) is -7.83. The smallest absolute Gasteiger partial charge is 0.372 e. The molecule has 1 aromatic heterocycles. The zero-order chi connectivity index (χ0) is 24.1. The summed E-state index contributed by atoms with van der Waals surface area (Å²) in [7, 11) is 0. The third kappa shape index (κ3) is 5.02. The summed E-state index contributed by atoms with van der Waals surface area (Å²) in [5.41, 5.74) is -2.46. The zero-order valence-corrected chi connectivity index (χ0v) is 18.0. The molecule has 2 aliphatic heterocycles. The topological polar surface area (TPSA) is 47.4 Å². The van der Waals surface area contributed by atoms with E-state index in [2.05, 4.69) is 4.98 Å². The van der Waals surface area contributed by atoms with Crippen LogP contribution < -0.4 is 0 Å². The lowest BCUT2D eigenvalue weighted by atomic mass is 9.89. The Morgan fingerprint density at radius 2 is 1.55 bits per heavy atom. The second-order valence-electron chi connectivity index (χ2n) is 8.74. The lowest BCUT2D eigenvalue weighted by molar-refractivity contribution is -0.143. The normalized spacial score (nSPS) is 24.0. The van der Waals surface area contributed by atoms with Crippen LogP contribution in [0.2, 0.25) is 0 Å². The maximum atomic E-state index is 13.2. The summed E-state index contributed by atoms with van der Waals surface area (Å²) in [6.45, 7) is 4.70. The van der Waals surface area contributed by atoms with E-state index in [9.17, 15) is 31.1 Å². The summed E-state index contributed by atoms with van der Waals surface area (Å²) in [5.74, 6) is -0.248. The molecule has 4 rings (SSSR count). The fourth-order valence-electron chi connectivity index (χ4n) is 4.54. The van der Waals surface area contributed by atoms with E-state index in [-0.39, 0.29) is 42.0 Å². The quantitative estimate of drug-likeness (QED) is 0.581. The van der Waals surface area contributed by atoms with Crippen LogP contribution in [0.1, 0.15) is 59.2 Å². The van der Waals surface area contributed by atoms with Crippen molar-refractivity contribution in [2.45, 2.75) is 63.7 Å². The number of fused-ring (bicyclic) bond motifs is 1. The van der Waals surface area contributed by atoms with Crippen molar-refractivity contribution >= 4 is 5.91 Å². The predicted octanol–water partition coefficient (Wildman–Crippen LogP) is 4.90. The van der Waals surface area contributed by atoms with E-state index in [0.717, 1.165) is 12.1 Å². The molecule has 2 aliphatic rings. The molecule has 0 aliphatic carbocycles. The second kappa shape index (κ2) is 8.34.